The summed E-state index contributed by atoms with van der Waals surface area (Å²) >= 11 is 1.52. The second-order valence-electron chi connectivity index (χ2n) is 4.36. The Morgan fingerprint density at radius 3 is 2.73 bits per heavy atom. The largest absolute Gasteiger partial charge is 0.493 e. The monoisotopic (exact) mass is 320 g/mol. The minimum absolute atomic E-state index is 0.582. The second kappa shape index (κ2) is 7.84. The lowest BCUT2D eigenvalue weighted by Gasteiger charge is -2.09. The Bertz CT molecular complexity index is 633. The van der Waals surface area contributed by atoms with Crippen molar-refractivity contribution >= 4 is 18.0 Å². The van der Waals surface area contributed by atoms with Crippen molar-refractivity contribution in [2.75, 3.05) is 20.0 Å². The van der Waals surface area contributed by atoms with Gasteiger partial charge in [0.05, 0.1) is 19.9 Å². The molecule has 0 aliphatic heterocycles. The number of rotatable bonds is 7. The predicted molar refractivity (Wildman–Crippen MR) is 88.3 cm³/mol. The third-order valence-corrected chi connectivity index (χ3v) is 3.60. The van der Waals surface area contributed by atoms with Gasteiger partial charge >= 0.3 is 0 Å². The summed E-state index contributed by atoms with van der Waals surface area (Å²) < 4.78 is 12.6. The number of benzene rings is 1. The number of aromatic nitrogens is 3. The van der Waals surface area contributed by atoms with Gasteiger partial charge < -0.3 is 9.47 Å². The Morgan fingerprint density at radius 2 is 2.09 bits per heavy atom. The number of ether oxygens (including phenoxy) is 2. The summed E-state index contributed by atoms with van der Waals surface area (Å²) in [6, 6.07) is 5.70. The van der Waals surface area contributed by atoms with E-state index in [9.17, 15) is 0 Å². The SMILES string of the molecule is CCOc1cc(/C=N\n2c(CC)nnc2SC)ccc1OC. The van der Waals surface area contributed by atoms with Crippen LogP contribution in [0.15, 0.2) is 28.5 Å². The summed E-state index contributed by atoms with van der Waals surface area (Å²) in [4.78, 5) is 0. The predicted octanol–water partition coefficient (Wildman–Crippen LogP) is 2.85. The van der Waals surface area contributed by atoms with Gasteiger partial charge in [0.2, 0.25) is 5.16 Å². The van der Waals surface area contributed by atoms with Gasteiger partial charge in [-0.3, -0.25) is 0 Å². The lowest BCUT2D eigenvalue weighted by molar-refractivity contribution is 0.311. The lowest BCUT2D eigenvalue weighted by Crippen LogP contribution is -2.00. The fraction of sp³-hybridized carbons (Fsp3) is 0.400. The molecule has 0 aliphatic rings. The van der Waals surface area contributed by atoms with Crippen molar-refractivity contribution < 1.29 is 9.47 Å². The van der Waals surface area contributed by atoms with E-state index in [-0.39, 0.29) is 0 Å². The highest BCUT2D eigenvalue weighted by molar-refractivity contribution is 7.98. The molecule has 0 N–H and O–H groups in total. The molecule has 0 fully saturated rings. The molecular formula is C15H20N4O2S. The van der Waals surface area contributed by atoms with Gasteiger partial charge in [0.25, 0.3) is 0 Å². The summed E-state index contributed by atoms with van der Waals surface area (Å²) in [7, 11) is 1.63. The minimum atomic E-state index is 0.582. The van der Waals surface area contributed by atoms with E-state index in [1.165, 1.54) is 11.8 Å². The Labute approximate surface area is 134 Å². The first-order valence-electron chi connectivity index (χ1n) is 7.06. The van der Waals surface area contributed by atoms with Gasteiger partial charge in [0.15, 0.2) is 17.3 Å². The van der Waals surface area contributed by atoms with Crippen molar-refractivity contribution in [1.29, 1.82) is 0 Å². The molecule has 22 heavy (non-hydrogen) atoms. The Balaban J connectivity index is 2.30. The molecule has 0 spiro atoms. The standard InChI is InChI=1S/C15H20N4O2S/c1-5-14-17-18-15(22-4)19(14)16-10-11-7-8-12(20-3)13(9-11)21-6-2/h7-10H,5-6H2,1-4H3/b16-10-. The van der Waals surface area contributed by atoms with E-state index < -0.39 is 0 Å². The lowest BCUT2D eigenvalue weighted by atomic mass is 10.2. The molecule has 1 heterocycles. The highest BCUT2D eigenvalue weighted by Gasteiger charge is 2.09. The van der Waals surface area contributed by atoms with Gasteiger partial charge in [0.1, 0.15) is 0 Å². The first kappa shape index (κ1) is 16.4. The number of hydrogen-bond donors (Lipinski definition) is 0. The average Bonchev–Trinajstić information content (AvgIpc) is 2.95. The first-order chi connectivity index (χ1) is 10.7. The van der Waals surface area contributed by atoms with Crippen molar-refractivity contribution in [2.24, 2.45) is 5.10 Å². The molecule has 6 nitrogen and oxygen atoms in total. The van der Waals surface area contributed by atoms with Crippen molar-refractivity contribution in [3.63, 3.8) is 0 Å². The zero-order valence-corrected chi connectivity index (χ0v) is 14.1. The number of thioether (sulfide) groups is 1. The van der Waals surface area contributed by atoms with Crippen molar-refractivity contribution in [1.82, 2.24) is 14.9 Å². The van der Waals surface area contributed by atoms with Gasteiger partial charge in [-0.1, -0.05) is 18.7 Å². The van der Waals surface area contributed by atoms with Crippen LogP contribution in [0.3, 0.4) is 0 Å². The fourth-order valence-electron chi connectivity index (χ4n) is 1.93. The van der Waals surface area contributed by atoms with Gasteiger partial charge in [0, 0.05) is 6.42 Å². The van der Waals surface area contributed by atoms with Gasteiger partial charge in [-0.25, -0.2) is 0 Å². The van der Waals surface area contributed by atoms with Crippen LogP contribution in [0, 0.1) is 0 Å². The van der Waals surface area contributed by atoms with Gasteiger partial charge in [-0.05, 0) is 36.9 Å². The van der Waals surface area contributed by atoms with Crippen molar-refractivity contribution in [3.8, 4) is 11.5 Å². The zero-order valence-electron chi connectivity index (χ0n) is 13.2. The van der Waals surface area contributed by atoms with Crippen LogP contribution in [0.4, 0.5) is 0 Å². The van der Waals surface area contributed by atoms with Crippen LogP contribution in [0.5, 0.6) is 11.5 Å². The van der Waals surface area contributed by atoms with Crippen LogP contribution in [0.2, 0.25) is 0 Å². The van der Waals surface area contributed by atoms with Crippen LogP contribution in [0.25, 0.3) is 0 Å². The van der Waals surface area contributed by atoms with Crippen LogP contribution >= 0.6 is 11.8 Å². The second-order valence-corrected chi connectivity index (χ2v) is 5.13. The molecule has 0 saturated heterocycles. The molecule has 2 aromatic rings. The number of hydrogen-bond acceptors (Lipinski definition) is 6. The molecule has 0 saturated carbocycles. The summed E-state index contributed by atoms with van der Waals surface area (Å²) in [6.07, 6.45) is 4.50. The molecule has 0 radical (unpaired) electrons. The molecule has 0 unspecified atom stereocenters. The Hall–Kier alpha value is -2.02. The summed E-state index contributed by atoms with van der Waals surface area (Å²) in [6.45, 7) is 4.55. The van der Waals surface area contributed by atoms with Gasteiger partial charge in [-0.15, -0.1) is 10.2 Å². The molecule has 0 atom stereocenters. The maximum atomic E-state index is 5.57. The molecule has 0 amide bonds. The van der Waals surface area contributed by atoms with Crippen molar-refractivity contribution in [3.05, 3.63) is 29.6 Å². The highest BCUT2D eigenvalue weighted by Crippen LogP contribution is 2.27. The smallest absolute Gasteiger partial charge is 0.211 e. The first-order valence-corrected chi connectivity index (χ1v) is 8.29. The normalized spacial score (nSPS) is 11.1. The van der Waals surface area contributed by atoms with E-state index in [4.69, 9.17) is 9.47 Å². The molecule has 0 bridgehead atoms. The molecule has 2 rings (SSSR count). The van der Waals surface area contributed by atoms with Crippen LogP contribution < -0.4 is 9.47 Å². The summed E-state index contributed by atoms with van der Waals surface area (Å²) in [5.74, 6) is 2.25. The van der Waals surface area contributed by atoms with Crippen LogP contribution in [-0.2, 0) is 6.42 Å². The molecule has 1 aromatic carbocycles. The maximum Gasteiger partial charge on any atom is 0.211 e. The average molecular weight is 320 g/mol. The molecule has 7 heteroatoms. The van der Waals surface area contributed by atoms with Crippen LogP contribution in [0.1, 0.15) is 25.2 Å². The number of aryl methyl sites for hydroxylation is 1. The molecule has 118 valence electrons. The molecule has 0 aliphatic carbocycles. The quantitative estimate of drug-likeness (QED) is 0.580. The van der Waals surface area contributed by atoms with Crippen LogP contribution in [-0.4, -0.2) is 41.1 Å². The summed E-state index contributed by atoms with van der Waals surface area (Å²) in [5, 5.41) is 13.5. The summed E-state index contributed by atoms with van der Waals surface area (Å²) in [5.41, 5.74) is 0.923. The fourth-order valence-corrected chi connectivity index (χ4v) is 2.37. The Morgan fingerprint density at radius 1 is 1.27 bits per heavy atom. The highest BCUT2D eigenvalue weighted by atomic mass is 32.2. The Kier molecular flexibility index (Phi) is 5.83. The van der Waals surface area contributed by atoms with E-state index in [0.29, 0.717) is 18.1 Å². The molecular weight excluding hydrogens is 300 g/mol. The van der Waals surface area contributed by atoms with Crippen molar-refractivity contribution in [2.45, 2.75) is 25.4 Å². The third-order valence-electron chi connectivity index (χ3n) is 2.99. The topological polar surface area (TPSA) is 61.5 Å². The van der Waals surface area contributed by atoms with E-state index in [0.717, 1.165) is 23.0 Å². The van der Waals surface area contributed by atoms with E-state index in [2.05, 4.69) is 15.3 Å². The van der Waals surface area contributed by atoms with E-state index in [1.807, 2.05) is 38.3 Å². The molecule has 1 aromatic heterocycles. The third kappa shape index (κ3) is 3.59. The van der Waals surface area contributed by atoms with Gasteiger partial charge in [-0.2, -0.15) is 9.78 Å². The number of methoxy groups -OCH3 is 1. The van der Waals surface area contributed by atoms with E-state index in [1.54, 1.807) is 18.0 Å². The number of nitrogens with zero attached hydrogens (tertiary/aromatic N) is 4. The maximum absolute atomic E-state index is 5.57. The zero-order chi connectivity index (χ0) is 15.9. The minimum Gasteiger partial charge on any atom is -0.493 e. The van der Waals surface area contributed by atoms with E-state index >= 15 is 0 Å².